The highest BCUT2D eigenvalue weighted by molar-refractivity contribution is 5.68. The van der Waals surface area contributed by atoms with Gasteiger partial charge in [-0.1, -0.05) is 13.3 Å². The minimum atomic E-state index is -1.31. The maximum atomic E-state index is 10.3. The van der Waals surface area contributed by atoms with Gasteiger partial charge < -0.3 is 15.3 Å². The molecule has 0 heterocycles. The number of hydrogen-bond donors (Lipinski definition) is 3. The molecule has 0 bridgehead atoms. The van der Waals surface area contributed by atoms with Gasteiger partial charge in [0.05, 0.1) is 18.1 Å². The summed E-state index contributed by atoms with van der Waals surface area (Å²) in [5.41, 5.74) is -1.31. The van der Waals surface area contributed by atoms with E-state index in [2.05, 4.69) is 0 Å². The zero-order chi connectivity index (χ0) is 10.5. The molecule has 3 N–H and O–H groups in total. The molecule has 78 valence electrons. The van der Waals surface area contributed by atoms with Crippen molar-refractivity contribution in [2.75, 3.05) is 0 Å². The van der Waals surface area contributed by atoms with Crippen molar-refractivity contribution in [3.05, 3.63) is 0 Å². The lowest BCUT2D eigenvalue weighted by Crippen LogP contribution is -2.32. The summed E-state index contributed by atoms with van der Waals surface area (Å²) in [6.45, 7) is 3.36. The summed E-state index contributed by atoms with van der Waals surface area (Å²) in [6.07, 6.45) is 0.598. The Kier molecular flexibility index (Phi) is 4.95. The van der Waals surface area contributed by atoms with Gasteiger partial charge in [-0.15, -0.1) is 0 Å². The number of carbonyl (C=O) groups is 1. The van der Waals surface area contributed by atoms with E-state index in [0.29, 0.717) is 6.42 Å². The number of carboxylic acid groups (broad SMARTS) is 1. The maximum absolute atomic E-state index is 10.3. The van der Waals surface area contributed by atoms with Gasteiger partial charge in [-0.25, -0.2) is 0 Å². The molecule has 0 amide bonds. The summed E-state index contributed by atoms with van der Waals surface area (Å²) in [5.74, 6) is -1.05. The molecule has 13 heavy (non-hydrogen) atoms. The summed E-state index contributed by atoms with van der Waals surface area (Å²) >= 11 is 0. The topological polar surface area (TPSA) is 77.8 Å². The lowest BCUT2D eigenvalue weighted by atomic mass is 9.93. The van der Waals surface area contributed by atoms with Gasteiger partial charge in [0.1, 0.15) is 0 Å². The molecule has 0 aromatic heterocycles. The van der Waals surface area contributed by atoms with Crippen molar-refractivity contribution >= 4 is 5.97 Å². The van der Waals surface area contributed by atoms with Crippen LogP contribution in [0.3, 0.4) is 0 Å². The third-order valence-corrected chi connectivity index (χ3v) is 1.83. The van der Waals surface area contributed by atoms with Gasteiger partial charge in [0.25, 0.3) is 0 Å². The van der Waals surface area contributed by atoms with Crippen LogP contribution in [0.1, 0.15) is 39.5 Å². The molecule has 0 spiro atoms. The number of aliphatic hydroxyl groups is 2. The first kappa shape index (κ1) is 12.4. The highest BCUT2D eigenvalue weighted by Gasteiger charge is 2.26. The summed E-state index contributed by atoms with van der Waals surface area (Å²) in [5, 5.41) is 27.3. The van der Waals surface area contributed by atoms with Crippen LogP contribution < -0.4 is 0 Å². The van der Waals surface area contributed by atoms with Crippen molar-refractivity contribution in [1.29, 1.82) is 0 Å². The fraction of sp³-hybridized carbons (Fsp3) is 0.889. The van der Waals surface area contributed by atoms with E-state index < -0.39 is 17.7 Å². The second-order valence-electron chi connectivity index (χ2n) is 3.71. The standard InChI is InChI=1S/C9H18O4/c1-3-4-7(10)5-9(2,13)6-8(11)12/h7,10,13H,3-6H2,1-2H3,(H,11,12). The molecule has 0 aromatic rings. The Bertz CT molecular complexity index is 165. The van der Waals surface area contributed by atoms with Gasteiger partial charge in [-0.05, 0) is 13.3 Å². The van der Waals surface area contributed by atoms with E-state index in [4.69, 9.17) is 5.11 Å². The van der Waals surface area contributed by atoms with Crippen molar-refractivity contribution in [1.82, 2.24) is 0 Å². The first-order chi connectivity index (χ1) is 5.87. The molecule has 4 heteroatoms. The highest BCUT2D eigenvalue weighted by Crippen LogP contribution is 2.18. The minimum absolute atomic E-state index is 0.118. The Labute approximate surface area is 78.2 Å². The van der Waals surface area contributed by atoms with Crippen molar-refractivity contribution < 1.29 is 20.1 Å². The second-order valence-corrected chi connectivity index (χ2v) is 3.71. The molecule has 0 radical (unpaired) electrons. The zero-order valence-electron chi connectivity index (χ0n) is 8.16. The molecule has 0 aliphatic carbocycles. The lowest BCUT2D eigenvalue weighted by molar-refractivity contribution is -0.142. The molecule has 0 rings (SSSR count). The van der Waals surface area contributed by atoms with E-state index in [-0.39, 0.29) is 12.8 Å². The first-order valence-corrected chi connectivity index (χ1v) is 4.49. The Hall–Kier alpha value is -0.610. The zero-order valence-corrected chi connectivity index (χ0v) is 8.16. The molecule has 0 fully saturated rings. The molecular formula is C9H18O4. The van der Waals surface area contributed by atoms with Crippen molar-refractivity contribution in [3.8, 4) is 0 Å². The smallest absolute Gasteiger partial charge is 0.306 e. The minimum Gasteiger partial charge on any atom is -0.481 e. The summed E-state index contributed by atoms with van der Waals surface area (Å²) in [7, 11) is 0. The molecule has 0 aromatic carbocycles. The van der Waals surface area contributed by atoms with Crippen molar-refractivity contribution in [2.45, 2.75) is 51.2 Å². The Morgan fingerprint density at radius 2 is 2.08 bits per heavy atom. The van der Waals surface area contributed by atoms with Crippen LogP contribution in [0.2, 0.25) is 0 Å². The Morgan fingerprint density at radius 1 is 1.54 bits per heavy atom. The van der Waals surface area contributed by atoms with Crippen LogP contribution in [-0.4, -0.2) is 33.0 Å². The van der Waals surface area contributed by atoms with E-state index in [1.807, 2.05) is 6.92 Å². The van der Waals surface area contributed by atoms with Crippen LogP contribution in [0, 0.1) is 0 Å². The Morgan fingerprint density at radius 3 is 2.46 bits per heavy atom. The second kappa shape index (κ2) is 5.19. The third kappa shape index (κ3) is 6.54. The number of aliphatic hydroxyl groups excluding tert-OH is 1. The van der Waals surface area contributed by atoms with Gasteiger partial charge in [0.2, 0.25) is 0 Å². The summed E-state index contributed by atoms with van der Waals surface area (Å²) in [4.78, 5) is 10.3. The van der Waals surface area contributed by atoms with Crippen molar-refractivity contribution in [3.63, 3.8) is 0 Å². The number of hydrogen-bond acceptors (Lipinski definition) is 3. The van der Waals surface area contributed by atoms with E-state index in [9.17, 15) is 15.0 Å². The SMILES string of the molecule is CCCC(O)CC(C)(O)CC(=O)O. The summed E-state index contributed by atoms with van der Waals surface area (Å²) < 4.78 is 0. The normalized spacial score (nSPS) is 17.8. The van der Waals surface area contributed by atoms with Crippen LogP contribution in [0.15, 0.2) is 0 Å². The molecule has 2 atom stereocenters. The van der Waals surface area contributed by atoms with Gasteiger partial charge in [-0.2, -0.15) is 0 Å². The quantitative estimate of drug-likeness (QED) is 0.578. The van der Waals surface area contributed by atoms with Gasteiger partial charge in [-0.3, -0.25) is 4.79 Å². The average molecular weight is 190 g/mol. The Balaban J connectivity index is 3.92. The van der Waals surface area contributed by atoms with Gasteiger partial charge >= 0.3 is 5.97 Å². The van der Waals surface area contributed by atoms with Crippen LogP contribution in [-0.2, 0) is 4.79 Å². The van der Waals surface area contributed by atoms with E-state index in [1.165, 1.54) is 6.92 Å². The van der Waals surface area contributed by atoms with Crippen molar-refractivity contribution in [2.24, 2.45) is 0 Å². The maximum Gasteiger partial charge on any atom is 0.306 e. The van der Waals surface area contributed by atoms with Crippen LogP contribution in [0.4, 0.5) is 0 Å². The highest BCUT2D eigenvalue weighted by atomic mass is 16.4. The van der Waals surface area contributed by atoms with Gasteiger partial charge in [0, 0.05) is 6.42 Å². The summed E-state index contributed by atoms with van der Waals surface area (Å²) in [6, 6.07) is 0. The number of aliphatic carboxylic acids is 1. The van der Waals surface area contributed by atoms with Gasteiger partial charge in [0.15, 0.2) is 0 Å². The predicted molar refractivity (Wildman–Crippen MR) is 48.4 cm³/mol. The largest absolute Gasteiger partial charge is 0.481 e. The monoisotopic (exact) mass is 190 g/mol. The molecule has 0 saturated carbocycles. The lowest BCUT2D eigenvalue weighted by Gasteiger charge is -2.23. The molecule has 2 unspecified atom stereocenters. The predicted octanol–water partition coefficient (Wildman–Crippen LogP) is 0.763. The van der Waals surface area contributed by atoms with E-state index in [0.717, 1.165) is 6.42 Å². The fourth-order valence-electron chi connectivity index (χ4n) is 1.34. The molecular weight excluding hydrogens is 172 g/mol. The van der Waals surface area contributed by atoms with E-state index >= 15 is 0 Å². The van der Waals surface area contributed by atoms with E-state index in [1.54, 1.807) is 0 Å². The molecule has 4 nitrogen and oxygen atoms in total. The number of carboxylic acids is 1. The molecule has 0 saturated heterocycles. The molecule has 0 aliphatic heterocycles. The third-order valence-electron chi connectivity index (χ3n) is 1.83. The first-order valence-electron chi connectivity index (χ1n) is 4.49. The number of rotatable bonds is 6. The van der Waals surface area contributed by atoms with Crippen LogP contribution in [0.5, 0.6) is 0 Å². The van der Waals surface area contributed by atoms with Crippen LogP contribution >= 0.6 is 0 Å². The fourth-order valence-corrected chi connectivity index (χ4v) is 1.34. The van der Waals surface area contributed by atoms with Crippen LogP contribution in [0.25, 0.3) is 0 Å². The average Bonchev–Trinajstić information content (AvgIpc) is 1.81. The molecule has 0 aliphatic rings.